The molecule has 4 nitrogen and oxygen atoms in total. The van der Waals surface area contributed by atoms with Crippen LogP contribution in [0.5, 0.6) is 0 Å². The zero-order valence-corrected chi connectivity index (χ0v) is 7.38. The summed E-state index contributed by atoms with van der Waals surface area (Å²) in [5, 5.41) is 2.05. The average molecular weight is 171 g/mol. The molecule has 0 aromatic carbocycles. The Balaban J connectivity index is 2.30. The third-order valence-electron chi connectivity index (χ3n) is 2.03. The van der Waals surface area contributed by atoms with Crippen molar-refractivity contribution in [1.29, 1.82) is 0 Å². The Morgan fingerprint density at radius 1 is 1.33 bits per heavy atom. The molecule has 1 saturated heterocycles. The second-order valence-corrected chi connectivity index (χ2v) is 2.99. The molecule has 0 aromatic heterocycles. The van der Waals surface area contributed by atoms with E-state index in [0.29, 0.717) is 19.4 Å². The number of likely N-dealkylation sites (tertiary alicyclic amines) is 1. The van der Waals surface area contributed by atoms with Crippen LogP contribution in [-0.2, 0) is 9.59 Å². The summed E-state index contributed by atoms with van der Waals surface area (Å²) < 4.78 is 0. The van der Waals surface area contributed by atoms with Crippen LogP contribution in [0.15, 0.2) is 0 Å². The Morgan fingerprint density at radius 3 is 2.42 bits per heavy atom. The molecule has 12 heavy (non-hydrogen) atoms. The van der Waals surface area contributed by atoms with Gasteiger partial charge in [-0.05, 0) is 0 Å². The van der Waals surface area contributed by atoms with Gasteiger partial charge in [-0.25, -0.2) is 0 Å². The van der Waals surface area contributed by atoms with Gasteiger partial charge in [0, 0.05) is 25.8 Å². The number of nitrogens with two attached hydrogens (primary N) is 1. The Bertz CT molecular complexity index is 175. The molecule has 0 atom stereocenters. The van der Waals surface area contributed by atoms with Crippen molar-refractivity contribution in [2.24, 2.45) is 0 Å². The van der Waals surface area contributed by atoms with Gasteiger partial charge in [0.05, 0.1) is 13.6 Å². The summed E-state index contributed by atoms with van der Waals surface area (Å²) in [6, 6.07) is 0. The minimum Gasteiger partial charge on any atom is -0.349 e. The Hall–Kier alpha value is -0.900. The van der Waals surface area contributed by atoms with E-state index in [4.69, 9.17) is 0 Å². The van der Waals surface area contributed by atoms with Crippen LogP contribution in [0.2, 0.25) is 0 Å². The number of carbonyl (C=O) groups excluding carboxylic acids is 2. The van der Waals surface area contributed by atoms with E-state index >= 15 is 0 Å². The van der Waals surface area contributed by atoms with Gasteiger partial charge in [0.2, 0.25) is 11.8 Å². The van der Waals surface area contributed by atoms with Crippen LogP contribution in [0.3, 0.4) is 0 Å². The zero-order valence-electron chi connectivity index (χ0n) is 7.38. The lowest BCUT2D eigenvalue weighted by Crippen LogP contribution is -2.79. The van der Waals surface area contributed by atoms with Crippen molar-refractivity contribution >= 4 is 11.8 Å². The van der Waals surface area contributed by atoms with Gasteiger partial charge < -0.3 is 5.32 Å². The lowest BCUT2D eigenvalue weighted by Gasteiger charge is -2.11. The van der Waals surface area contributed by atoms with Gasteiger partial charge >= 0.3 is 0 Å². The first kappa shape index (κ1) is 9.19. The van der Waals surface area contributed by atoms with Crippen LogP contribution in [0.4, 0.5) is 0 Å². The summed E-state index contributed by atoms with van der Waals surface area (Å²) in [7, 11) is 1.98. The largest absolute Gasteiger partial charge is 0.349 e. The molecular formula is C8H15N2O2+. The minimum absolute atomic E-state index is 0.00361. The fourth-order valence-corrected chi connectivity index (χ4v) is 1.33. The highest BCUT2D eigenvalue weighted by molar-refractivity contribution is 6.01. The molecule has 4 heteroatoms. The topological polar surface area (TPSA) is 54.0 Å². The molecule has 1 aliphatic rings. The van der Waals surface area contributed by atoms with Crippen LogP contribution in [-0.4, -0.2) is 36.9 Å². The van der Waals surface area contributed by atoms with Crippen molar-refractivity contribution in [3.63, 3.8) is 0 Å². The van der Waals surface area contributed by atoms with Crippen molar-refractivity contribution in [3.05, 3.63) is 0 Å². The summed E-state index contributed by atoms with van der Waals surface area (Å²) in [5.41, 5.74) is 0. The van der Waals surface area contributed by atoms with E-state index in [9.17, 15) is 9.59 Å². The highest BCUT2D eigenvalue weighted by Crippen LogP contribution is 2.11. The maximum atomic E-state index is 11.1. The van der Waals surface area contributed by atoms with E-state index in [0.717, 1.165) is 13.0 Å². The Labute approximate surface area is 71.9 Å². The zero-order chi connectivity index (χ0) is 8.97. The SMILES string of the molecule is C[NH2+]CCCN1C(=O)CCC1=O. The Morgan fingerprint density at radius 2 is 1.92 bits per heavy atom. The molecule has 0 radical (unpaired) electrons. The molecule has 2 amide bonds. The van der Waals surface area contributed by atoms with Crippen LogP contribution in [0, 0.1) is 0 Å². The fraction of sp³-hybridized carbons (Fsp3) is 0.750. The molecule has 0 aliphatic carbocycles. The first-order chi connectivity index (χ1) is 5.75. The van der Waals surface area contributed by atoms with Crippen molar-refractivity contribution in [2.75, 3.05) is 20.1 Å². The second-order valence-electron chi connectivity index (χ2n) is 2.99. The molecule has 2 N–H and O–H groups in total. The molecule has 0 aromatic rings. The number of hydrogen-bond donors (Lipinski definition) is 1. The molecule has 0 spiro atoms. The van der Waals surface area contributed by atoms with E-state index in [1.165, 1.54) is 4.90 Å². The van der Waals surface area contributed by atoms with Crippen LogP contribution < -0.4 is 5.32 Å². The molecule has 0 bridgehead atoms. The van der Waals surface area contributed by atoms with E-state index in [-0.39, 0.29) is 11.8 Å². The summed E-state index contributed by atoms with van der Waals surface area (Å²) in [5.74, 6) is -0.00722. The van der Waals surface area contributed by atoms with E-state index in [2.05, 4.69) is 0 Å². The number of nitrogens with zero attached hydrogens (tertiary/aromatic N) is 1. The smallest absolute Gasteiger partial charge is 0.229 e. The van der Waals surface area contributed by atoms with Crippen molar-refractivity contribution < 1.29 is 14.9 Å². The standard InChI is InChI=1S/C8H14N2O2/c1-9-5-2-6-10-7(11)3-4-8(10)12/h9H,2-6H2,1H3/p+1. The Kier molecular flexibility index (Phi) is 3.22. The maximum Gasteiger partial charge on any atom is 0.229 e. The highest BCUT2D eigenvalue weighted by Gasteiger charge is 2.27. The number of carbonyl (C=O) groups is 2. The first-order valence-electron chi connectivity index (χ1n) is 4.36. The third kappa shape index (κ3) is 2.04. The van der Waals surface area contributed by atoms with Crippen molar-refractivity contribution in [3.8, 4) is 0 Å². The normalized spacial score (nSPS) is 17.6. The molecule has 1 fully saturated rings. The van der Waals surface area contributed by atoms with Gasteiger partial charge in [0.1, 0.15) is 0 Å². The fourth-order valence-electron chi connectivity index (χ4n) is 1.33. The number of hydrogen-bond acceptors (Lipinski definition) is 2. The third-order valence-corrected chi connectivity index (χ3v) is 2.03. The lowest BCUT2D eigenvalue weighted by molar-refractivity contribution is -0.627. The highest BCUT2D eigenvalue weighted by atomic mass is 16.2. The monoisotopic (exact) mass is 171 g/mol. The number of rotatable bonds is 4. The molecule has 1 rings (SSSR count). The van der Waals surface area contributed by atoms with Crippen LogP contribution in [0.25, 0.3) is 0 Å². The minimum atomic E-state index is -0.00361. The molecule has 0 saturated carbocycles. The van der Waals surface area contributed by atoms with E-state index < -0.39 is 0 Å². The number of imide groups is 1. The van der Waals surface area contributed by atoms with Crippen molar-refractivity contribution in [1.82, 2.24) is 4.90 Å². The van der Waals surface area contributed by atoms with Gasteiger partial charge in [-0.15, -0.1) is 0 Å². The molecule has 0 unspecified atom stereocenters. The number of amides is 2. The van der Waals surface area contributed by atoms with Crippen LogP contribution in [0.1, 0.15) is 19.3 Å². The van der Waals surface area contributed by atoms with Gasteiger partial charge in [0.25, 0.3) is 0 Å². The predicted octanol–water partition coefficient (Wildman–Crippen LogP) is -1.28. The van der Waals surface area contributed by atoms with E-state index in [1.807, 2.05) is 12.4 Å². The second kappa shape index (κ2) is 4.21. The summed E-state index contributed by atoms with van der Waals surface area (Å²) in [4.78, 5) is 23.5. The average Bonchev–Trinajstić information content (AvgIpc) is 2.35. The molecule has 1 aliphatic heterocycles. The van der Waals surface area contributed by atoms with Gasteiger partial charge in [0.15, 0.2) is 0 Å². The maximum absolute atomic E-state index is 11.1. The predicted molar refractivity (Wildman–Crippen MR) is 43.3 cm³/mol. The molecular weight excluding hydrogens is 156 g/mol. The van der Waals surface area contributed by atoms with Crippen LogP contribution >= 0.6 is 0 Å². The van der Waals surface area contributed by atoms with Gasteiger partial charge in [-0.2, -0.15) is 0 Å². The first-order valence-corrected chi connectivity index (χ1v) is 4.36. The summed E-state index contributed by atoms with van der Waals surface area (Å²) in [6.45, 7) is 1.57. The van der Waals surface area contributed by atoms with E-state index in [1.54, 1.807) is 0 Å². The number of quaternary nitrogens is 1. The summed E-state index contributed by atoms with van der Waals surface area (Å²) >= 11 is 0. The summed E-state index contributed by atoms with van der Waals surface area (Å²) in [6.07, 6.45) is 1.72. The quantitative estimate of drug-likeness (QED) is 0.423. The van der Waals surface area contributed by atoms with Gasteiger partial charge in [-0.3, -0.25) is 14.5 Å². The van der Waals surface area contributed by atoms with Crippen molar-refractivity contribution in [2.45, 2.75) is 19.3 Å². The molecule has 68 valence electrons. The lowest BCUT2D eigenvalue weighted by atomic mass is 10.4. The van der Waals surface area contributed by atoms with Gasteiger partial charge in [-0.1, -0.05) is 0 Å². The molecule has 1 heterocycles.